The molecule has 3 heteroatoms. The van der Waals surface area contributed by atoms with Gasteiger partial charge in [-0.2, -0.15) is 0 Å². The minimum Gasteiger partial charge on any atom is -0.496 e. The molecule has 1 aromatic carbocycles. The van der Waals surface area contributed by atoms with Gasteiger partial charge in [-0.15, -0.1) is 0 Å². The first-order chi connectivity index (χ1) is 6.97. The number of aliphatic hydroxyl groups excluding tert-OH is 1. The molecule has 0 fully saturated rings. The van der Waals surface area contributed by atoms with Crippen molar-refractivity contribution >= 4 is 0 Å². The van der Waals surface area contributed by atoms with Gasteiger partial charge in [-0.25, -0.2) is 0 Å². The molecule has 3 N–H and O–H groups in total. The fraction of sp³-hybridized carbons (Fsp3) is 0.500. The summed E-state index contributed by atoms with van der Waals surface area (Å²) in [6.45, 7) is 5.73. The van der Waals surface area contributed by atoms with Crippen LogP contribution in [-0.2, 0) is 0 Å². The Labute approximate surface area is 90.9 Å². The minimum atomic E-state index is -0.682. The van der Waals surface area contributed by atoms with Crippen molar-refractivity contribution in [1.29, 1.82) is 0 Å². The van der Waals surface area contributed by atoms with Crippen LogP contribution in [0.2, 0.25) is 0 Å². The van der Waals surface area contributed by atoms with E-state index in [1.165, 1.54) is 0 Å². The van der Waals surface area contributed by atoms with Crippen LogP contribution in [0.15, 0.2) is 12.1 Å². The Bertz CT molecular complexity index is 348. The van der Waals surface area contributed by atoms with Crippen molar-refractivity contribution < 1.29 is 9.84 Å². The molecule has 1 rings (SSSR count). The van der Waals surface area contributed by atoms with E-state index in [2.05, 4.69) is 0 Å². The third-order valence-electron chi connectivity index (χ3n) is 2.47. The van der Waals surface area contributed by atoms with Gasteiger partial charge < -0.3 is 15.6 Å². The molecule has 0 aromatic heterocycles. The lowest BCUT2D eigenvalue weighted by Crippen LogP contribution is -2.25. The van der Waals surface area contributed by atoms with Crippen LogP contribution in [0.3, 0.4) is 0 Å². The van der Waals surface area contributed by atoms with Crippen molar-refractivity contribution in [1.82, 2.24) is 0 Å². The molecule has 0 spiro atoms. The number of rotatable bonds is 3. The van der Waals surface area contributed by atoms with Crippen LogP contribution in [0.1, 0.15) is 29.7 Å². The first-order valence-electron chi connectivity index (χ1n) is 5.06. The summed E-state index contributed by atoms with van der Waals surface area (Å²) < 4.78 is 5.29. The molecule has 0 saturated heterocycles. The predicted molar refractivity (Wildman–Crippen MR) is 61.1 cm³/mol. The van der Waals surface area contributed by atoms with E-state index in [9.17, 15) is 5.11 Å². The third-order valence-corrected chi connectivity index (χ3v) is 2.47. The summed E-state index contributed by atoms with van der Waals surface area (Å²) in [7, 11) is 1.61. The van der Waals surface area contributed by atoms with Gasteiger partial charge in [0.2, 0.25) is 0 Å². The van der Waals surface area contributed by atoms with Gasteiger partial charge in [-0.05, 0) is 32.4 Å². The topological polar surface area (TPSA) is 55.5 Å². The molecule has 2 atom stereocenters. The smallest absolute Gasteiger partial charge is 0.127 e. The molecule has 0 radical (unpaired) electrons. The van der Waals surface area contributed by atoms with Crippen molar-refractivity contribution in [3.05, 3.63) is 28.8 Å². The Morgan fingerprint density at radius 2 is 1.93 bits per heavy atom. The van der Waals surface area contributed by atoms with E-state index in [1.807, 2.05) is 26.0 Å². The monoisotopic (exact) mass is 209 g/mol. The van der Waals surface area contributed by atoms with Crippen LogP contribution in [0, 0.1) is 13.8 Å². The number of nitrogens with two attached hydrogens (primary N) is 1. The second-order valence-electron chi connectivity index (χ2n) is 4.01. The summed E-state index contributed by atoms with van der Waals surface area (Å²) in [5.41, 5.74) is 8.58. The lowest BCUT2D eigenvalue weighted by atomic mass is 9.98. The number of hydrogen-bond donors (Lipinski definition) is 2. The Hall–Kier alpha value is -1.06. The first-order valence-corrected chi connectivity index (χ1v) is 5.06. The highest BCUT2D eigenvalue weighted by atomic mass is 16.5. The lowest BCUT2D eigenvalue weighted by Gasteiger charge is -2.20. The van der Waals surface area contributed by atoms with E-state index in [-0.39, 0.29) is 6.04 Å². The van der Waals surface area contributed by atoms with Gasteiger partial charge in [0.15, 0.2) is 0 Å². The Morgan fingerprint density at radius 3 is 2.40 bits per heavy atom. The minimum absolute atomic E-state index is 0.305. The normalized spacial score (nSPS) is 14.8. The number of aliphatic hydroxyl groups is 1. The molecule has 3 nitrogen and oxygen atoms in total. The molecule has 0 aliphatic heterocycles. The van der Waals surface area contributed by atoms with Gasteiger partial charge in [-0.3, -0.25) is 0 Å². The fourth-order valence-electron chi connectivity index (χ4n) is 1.77. The number of benzene rings is 1. The number of ether oxygens (including phenoxy) is 1. The molecule has 0 amide bonds. The van der Waals surface area contributed by atoms with Crippen molar-refractivity contribution in [2.45, 2.75) is 32.9 Å². The van der Waals surface area contributed by atoms with Gasteiger partial charge in [0.05, 0.1) is 13.2 Å². The number of methoxy groups -OCH3 is 1. The Balaban J connectivity index is 3.26. The molecular weight excluding hydrogens is 190 g/mol. The van der Waals surface area contributed by atoms with E-state index < -0.39 is 6.10 Å². The van der Waals surface area contributed by atoms with Crippen molar-refractivity contribution in [2.75, 3.05) is 7.11 Å². The molecule has 0 heterocycles. The number of aryl methyl sites for hydroxylation is 2. The van der Waals surface area contributed by atoms with Crippen molar-refractivity contribution in [3.8, 4) is 5.75 Å². The maximum absolute atomic E-state index is 9.95. The Kier molecular flexibility index (Phi) is 3.72. The summed E-state index contributed by atoms with van der Waals surface area (Å²) in [5, 5.41) is 9.95. The van der Waals surface area contributed by atoms with Crippen LogP contribution in [0.25, 0.3) is 0 Å². The highest BCUT2D eigenvalue weighted by Crippen LogP contribution is 2.31. The molecule has 0 aliphatic rings. The zero-order valence-corrected chi connectivity index (χ0v) is 9.74. The van der Waals surface area contributed by atoms with Crippen LogP contribution < -0.4 is 10.5 Å². The van der Waals surface area contributed by atoms with E-state index in [4.69, 9.17) is 10.5 Å². The average Bonchev–Trinajstić information content (AvgIpc) is 2.15. The molecular formula is C12H19NO2. The second-order valence-corrected chi connectivity index (χ2v) is 4.01. The van der Waals surface area contributed by atoms with E-state index >= 15 is 0 Å². The quantitative estimate of drug-likeness (QED) is 0.796. The number of hydrogen-bond acceptors (Lipinski definition) is 3. The summed E-state index contributed by atoms with van der Waals surface area (Å²) in [6.07, 6.45) is -0.682. The van der Waals surface area contributed by atoms with Crippen LogP contribution in [0.5, 0.6) is 5.75 Å². The molecule has 0 bridgehead atoms. The van der Waals surface area contributed by atoms with Crippen LogP contribution >= 0.6 is 0 Å². The third kappa shape index (κ3) is 2.49. The lowest BCUT2D eigenvalue weighted by molar-refractivity contribution is 0.149. The SMILES string of the molecule is COc1c(C)cc(C)cc1C(O)C(C)N. The van der Waals surface area contributed by atoms with E-state index in [0.29, 0.717) is 0 Å². The zero-order chi connectivity index (χ0) is 11.6. The van der Waals surface area contributed by atoms with Crippen molar-refractivity contribution in [3.63, 3.8) is 0 Å². The molecule has 0 aliphatic carbocycles. The maximum atomic E-state index is 9.95. The van der Waals surface area contributed by atoms with Crippen LogP contribution in [0.4, 0.5) is 0 Å². The van der Waals surface area contributed by atoms with E-state index in [1.54, 1.807) is 14.0 Å². The summed E-state index contributed by atoms with van der Waals surface area (Å²) in [5.74, 6) is 0.727. The predicted octanol–water partition coefficient (Wildman–Crippen LogP) is 1.69. The summed E-state index contributed by atoms with van der Waals surface area (Å²) in [4.78, 5) is 0. The molecule has 2 unspecified atom stereocenters. The largest absolute Gasteiger partial charge is 0.496 e. The van der Waals surface area contributed by atoms with Gasteiger partial charge in [-0.1, -0.05) is 11.6 Å². The second kappa shape index (κ2) is 4.64. The fourth-order valence-corrected chi connectivity index (χ4v) is 1.77. The highest BCUT2D eigenvalue weighted by Gasteiger charge is 2.18. The average molecular weight is 209 g/mol. The van der Waals surface area contributed by atoms with E-state index in [0.717, 1.165) is 22.4 Å². The highest BCUT2D eigenvalue weighted by molar-refractivity contribution is 5.45. The zero-order valence-electron chi connectivity index (χ0n) is 9.74. The molecule has 1 aromatic rings. The first kappa shape index (κ1) is 12.0. The standard InChI is InChI=1S/C12H19NO2/c1-7-5-8(2)12(15-4)10(6-7)11(14)9(3)13/h5-6,9,11,14H,13H2,1-4H3. The van der Waals surface area contributed by atoms with Crippen molar-refractivity contribution in [2.24, 2.45) is 5.73 Å². The molecule has 0 saturated carbocycles. The summed E-state index contributed by atoms with van der Waals surface area (Å²) in [6, 6.07) is 3.64. The van der Waals surface area contributed by atoms with Crippen LogP contribution in [-0.4, -0.2) is 18.3 Å². The summed E-state index contributed by atoms with van der Waals surface area (Å²) >= 11 is 0. The molecule has 84 valence electrons. The van der Waals surface area contributed by atoms with Gasteiger partial charge in [0.1, 0.15) is 5.75 Å². The van der Waals surface area contributed by atoms with Gasteiger partial charge in [0, 0.05) is 11.6 Å². The van der Waals surface area contributed by atoms with Gasteiger partial charge >= 0.3 is 0 Å². The maximum Gasteiger partial charge on any atom is 0.127 e. The van der Waals surface area contributed by atoms with Gasteiger partial charge in [0.25, 0.3) is 0 Å². The Morgan fingerprint density at radius 1 is 1.33 bits per heavy atom. The molecule has 15 heavy (non-hydrogen) atoms.